The normalized spacial score (nSPS) is 11.5. The van der Waals surface area contributed by atoms with Gasteiger partial charge >= 0.3 is 0 Å². The molecule has 0 unspecified atom stereocenters. The van der Waals surface area contributed by atoms with Gasteiger partial charge in [0.05, 0.1) is 16.7 Å². The van der Waals surface area contributed by atoms with Crippen LogP contribution >= 0.6 is 11.3 Å². The monoisotopic (exact) mass is 960 g/mol. The molecule has 0 amide bonds. The van der Waals surface area contributed by atoms with E-state index in [1.807, 2.05) is 29.5 Å². The molecule has 0 saturated heterocycles. The number of para-hydroxylation sites is 1. The van der Waals surface area contributed by atoms with Gasteiger partial charge in [-0.3, -0.25) is 0 Å². The molecule has 3 aromatic heterocycles. The quantitative estimate of drug-likeness (QED) is 0.145. The molecular formula is C69H44N4S. The Morgan fingerprint density at radius 2 is 0.662 bits per heavy atom. The molecule has 0 spiro atoms. The second kappa shape index (κ2) is 18.2. The van der Waals surface area contributed by atoms with E-state index in [0.717, 1.165) is 77.9 Å². The lowest BCUT2D eigenvalue weighted by Crippen LogP contribution is -2.04. The number of hydrogen-bond donors (Lipinski definition) is 0. The van der Waals surface area contributed by atoms with Crippen LogP contribution < -0.4 is 0 Å². The van der Waals surface area contributed by atoms with Crippen LogP contribution in [0.2, 0.25) is 0 Å². The molecule has 5 heteroatoms. The maximum absolute atomic E-state index is 5.49. The van der Waals surface area contributed by atoms with Crippen molar-refractivity contribution in [1.82, 2.24) is 19.5 Å². The van der Waals surface area contributed by atoms with Crippen molar-refractivity contribution >= 4 is 53.3 Å². The minimum atomic E-state index is 0.588. The maximum Gasteiger partial charge on any atom is 0.164 e. The summed E-state index contributed by atoms with van der Waals surface area (Å²) in [6, 6.07) is 95.3. The van der Waals surface area contributed by atoms with Crippen LogP contribution in [0.3, 0.4) is 0 Å². The van der Waals surface area contributed by atoms with Gasteiger partial charge in [0.25, 0.3) is 0 Å². The van der Waals surface area contributed by atoms with E-state index in [4.69, 9.17) is 15.0 Å². The second-order valence-electron chi connectivity index (χ2n) is 18.7. The van der Waals surface area contributed by atoms with Crippen LogP contribution in [0, 0.1) is 0 Å². The summed E-state index contributed by atoms with van der Waals surface area (Å²) in [4.78, 5) is 16.2. The zero-order valence-electron chi connectivity index (χ0n) is 40.1. The molecule has 14 aromatic rings. The Balaban J connectivity index is 1.05. The highest BCUT2D eigenvalue weighted by Crippen LogP contribution is 2.49. The molecule has 0 aliphatic heterocycles. The fourth-order valence-electron chi connectivity index (χ4n) is 10.8. The van der Waals surface area contributed by atoms with Crippen molar-refractivity contribution in [2.24, 2.45) is 0 Å². The van der Waals surface area contributed by atoms with Gasteiger partial charge < -0.3 is 4.57 Å². The average molecular weight is 961 g/mol. The fraction of sp³-hybridized carbons (Fsp3) is 0. The molecule has 0 aliphatic rings. The van der Waals surface area contributed by atoms with Crippen LogP contribution in [0.25, 0.3) is 137 Å². The minimum Gasteiger partial charge on any atom is -0.308 e. The third-order valence-corrected chi connectivity index (χ3v) is 15.5. The smallest absolute Gasteiger partial charge is 0.164 e. The average Bonchev–Trinajstić information content (AvgIpc) is 4.08. The van der Waals surface area contributed by atoms with Crippen molar-refractivity contribution < 1.29 is 0 Å². The van der Waals surface area contributed by atoms with E-state index in [1.54, 1.807) is 0 Å². The van der Waals surface area contributed by atoms with E-state index in [-0.39, 0.29) is 0 Å². The Bertz CT molecular complexity index is 4260. The van der Waals surface area contributed by atoms with Crippen LogP contribution in [-0.2, 0) is 0 Å². The minimum absolute atomic E-state index is 0.588. The zero-order valence-corrected chi connectivity index (χ0v) is 40.9. The van der Waals surface area contributed by atoms with Gasteiger partial charge in [-0.25, -0.2) is 15.0 Å². The molecule has 14 rings (SSSR count). The van der Waals surface area contributed by atoms with Crippen molar-refractivity contribution in [3.05, 3.63) is 267 Å². The standard InChI is InChI=1S/C69H44N4S/c1-7-22-45(23-8-1)51-40-52(46-24-9-2-10-25-46)42-53(41-51)68-70-67(50-32-17-6-18-33-50)71-69(72-68)54-43-59(48-28-13-4-14-29-48)64(60(44-54)49-30-15-5-16-31-49)73-61-37-20-19-34-58(61)63-62(73)39-38-57-56-36-21-35-55(65(56)74-66(57)63)47-26-11-3-12-27-47/h1-44H. The first-order chi connectivity index (χ1) is 36.7. The Labute approximate surface area is 432 Å². The number of nitrogens with zero attached hydrogens (tertiary/aromatic N) is 4. The molecule has 0 radical (unpaired) electrons. The van der Waals surface area contributed by atoms with E-state index in [1.165, 1.54) is 42.1 Å². The van der Waals surface area contributed by atoms with E-state index in [0.29, 0.717) is 17.5 Å². The third-order valence-electron chi connectivity index (χ3n) is 14.2. The van der Waals surface area contributed by atoms with Gasteiger partial charge in [0.15, 0.2) is 17.5 Å². The predicted octanol–water partition coefficient (Wildman–Crippen LogP) is 18.7. The molecule has 3 heterocycles. The molecule has 11 aromatic carbocycles. The number of thiophene rings is 1. The zero-order chi connectivity index (χ0) is 49.0. The van der Waals surface area contributed by atoms with Gasteiger partial charge in [-0.05, 0) is 87.0 Å². The van der Waals surface area contributed by atoms with E-state index in [9.17, 15) is 0 Å². The SMILES string of the molecule is c1ccc(-c2cc(-c3ccccc3)cc(-c3nc(-c4ccccc4)nc(-c4cc(-c5ccccc5)c(-n5c6ccccc6c6c7sc8c(-c9ccccc9)cccc8c7ccc65)c(-c5ccccc5)c4)n3)c2)cc1. The number of hydrogen-bond acceptors (Lipinski definition) is 4. The van der Waals surface area contributed by atoms with Gasteiger partial charge in [0, 0.05) is 58.8 Å². The first kappa shape index (κ1) is 43.3. The molecule has 0 atom stereocenters. The van der Waals surface area contributed by atoms with Crippen LogP contribution in [-0.4, -0.2) is 19.5 Å². The van der Waals surface area contributed by atoms with Gasteiger partial charge in [-0.2, -0.15) is 0 Å². The lowest BCUT2D eigenvalue weighted by atomic mass is 9.92. The Kier molecular flexibility index (Phi) is 10.7. The summed E-state index contributed by atoms with van der Waals surface area (Å²) in [6.07, 6.45) is 0. The van der Waals surface area contributed by atoms with Crippen molar-refractivity contribution in [2.75, 3.05) is 0 Å². The first-order valence-electron chi connectivity index (χ1n) is 25.0. The first-order valence-corrected chi connectivity index (χ1v) is 25.8. The number of aromatic nitrogens is 4. The highest BCUT2D eigenvalue weighted by Gasteiger charge is 2.25. The van der Waals surface area contributed by atoms with E-state index < -0.39 is 0 Å². The maximum atomic E-state index is 5.49. The molecule has 0 saturated carbocycles. The van der Waals surface area contributed by atoms with Crippen LogP contribution in [0.1, 0.15) is 0 Å². The van der Waals surface area contributed by atoms with Crippen molar-refractivity contribution in [2.45, 2.75) is 0 Å². The van der Waals surface area contributed by atoms with Crippen LogP contribution in [0.5, 0.6) is 0 Å². The Hall–Kier alpha value is -9.55. The third kappa shape index (κ3) is 7.57. The molecule has 0 bridgehead atoms. The molecule has 4 nitrogen and oxygen atoms in total. The fourth-order valence-corrected chi connectivity index (χ4v) is 12.2. The lowest BCUT2D eigenvalue weighted by molar-refractivity contribution is 1.07. The molecule has 74 heavy (non-hydrogen) atoms. The van der Waals surface area contributed by atoms with Gasteiger partial charge in [-0.1, -0.05) is 224 Å². The largest absolute Gasteiger partial charge is 0.308 e. The predicted molar refractivity (Wildman–Crippen MR) is 311 cm³/mol. The molecule has 346 valence electrons. The van der Waals surface area contributed by atoms with Crippen molar-refractivity contribution in [1.29, 1.82) is 0 Å². The lowest BCUT2D eigenvalue weighted by Gasteiger charge is -2.21. The number of fused-ring (bicyclic) bond motifs is 7. The summed E-state index contributed by atoms with van der Waals surface area (Å²) in [6.45, 7) is 0. The summed E-state index contributed by atoms with van der Waals surface area (Å²) in [7, 11) is 0. The summed E-state index contributed by atoms with van der Waals surface area (Å²) in [5, 5.41) is 5.01. The summed E-state index contributed by atoms with van der Waals surface area (Å²) in [5.74, 6) is 1.79. The van der Waals surface area contributed by atoms with Gasteiger partial charge in [-0.15, -0.1) is 11.3 Å². The number of benzene rings is 11. The van der Waals surface area contributed by atoms with Crippen LogP contribution in [0.4, 0.5) is 0 Å². The Morgan fingerprint density at radius 3 is 1.20 bits per heavy atom. The second-order valence-corrected chi connectivity index (χ2v) is 19.7. The highest BCUT2D eigenvalue weighted by atomic mass is 32.1. The van der Waals surface area contributed by atoms with Crippen molar-refractivity contribution in [3.8, 4) is 95.5 Å². The summed E-state index contributed by atoms with van der Waals surface area (Å²) >= 11 is 1.90. The van der Waals surface area contributed by atoms with Gasteiger partial charge in [0.1, 0.15) is 0 Å². The molecule has 0 fully saturated rings. The number of rotatable bonds is 9. The molecular weight excluding hydrogens is 917 g/mol. The topological polar surface area (TPSA) is 43.6 Å². The Morgan fingerprint density at radius 1 is 0.257 bits per heavy atom. The van der Waals surface area contributed by atoms with Crippen LogP contribution in [0.15, 0.2) is 267 Å². The summed E-state index contributed by atoms with van der Waals surface area (Å²) in [5.41, 5.74) is 17.3. The molecule has 0 aliphatic carbocycles. The van der Waals surface area contributed by atoms with E-state index in [2.05, 4.69) is 253 Å². The van der Waals surface area contributed by atoms with E-state index >= 15 is 0 Å². The molecule has 0 N–H and O–H groups in total. The van der Waals surface area contributed by atoms with Gasteiger partial charge in [0.2, 0.25) is 0 Å². The van der Waals surface area contributed by atoms with Crippen molar-refractivity contribution in [3.63, 3.8) is 0 Å². The highest BCUT2D eigenvalue weighted by molar-refractivity contribution is 7.27. The summed E-state index contributed by atoms with van der Waals surface area (Å²) < 4.78 is 5.09.